The number of methoxy groups -OCH3 is 1. The molecule has 1 aromatic heterocycles. The zero-order valence-electron chi connectivity index (χ0n) is 12.6. The molecule has 6 nitrogen and oxygen atoms in total. The lowest BCUT2D eigenvalue weighted by atomic mass is 9.98. The molecule has 2 aromatic rings. The molecule has 1 N–H and O–H groups in total. The summed E-state index contributed by atoms with van der Waals surface area (Å²) >= 11 is 0. The summed E-state index contributed by atoms with van der Waals surface area (Å²) in [6, 6.07) is 12.1. The molecular formula is C16H17N3O3. The zero-order chi connectivity index (χ0) is 15.9. The second kappa shape index (κ2) is 5.08. The van der Waals surface area contributed by atoms with Crippen LogP contribution in [0.2, 0.25) is 0 Å². The van der Waals surface area contributed by atoms with Gasteiger partial charge in [-0.15, -0.1) is 0 Å². The van der Waals surface area contributed by atoms with E-state index < -0.39 is 5.72 Å². The molecule has 0 fully saturated rings. The second-order valence-electron chi connectivity index (χ2n) is 5.25. The van der Waals surface area contributed by atoms with Crippen LogP contribution in [0.15, 0.2) is 42.5 Å². The van der Waals surface area contributed by atoms with E-state index in [4.69, 9.17) is 4.74 Å². The lowest BCUT2D eigenvalue weighted by molar-refractivity contribution is -0.139. The maximum Gasteiger partial charge on any atom is 0.271 e. The molecule has 1 amide bonds. The predicted octanol–water partition coefficient (Wildman–Crippen LogP) is 1.22. The van der Waals surface area contributed by atoms with Gasteiger partial charge in [-0.1, -0.05) is 24.3 Å². The van der Waals surface area contributed by atoms with Crippen LogP contribution in [0.25, 0.3) is 0 Å². The van der Waals surface area contributed by atoms with E-state index in [1.165, 1.54) is 12.1 Å². The van der Waals surface area contributed by atoms with Gasteiger partial charge in [0.05, 0.1) is 7.11 Å². The van der Waals surface area contributed by atoms with Crippen LogP contribution < -0.4 is 4.74 Å². The summed E-state index contributed by atoms with van der Waals surface area (Å²) in [7, 11) is 4.91. The minimum Gasteiger partial charge on any atom is -0.481 e. The quantitative estimate of drug-likeness (QED) is 0.923. The molecule has 1 aromatic carbocycles. The van der Waals surface area contributed by atoms with Gasteiger partial charge in [-0.3, -0.25) is 4.79 Å². The number of hydrazine groups is 1. The third-order valence-electron chi connectivity index (χ3n) is 3.72. The van der Waals surface area contributed by atoms with E-state index in [0.29, 0.717) is 22.7 Å². The van der Waals surface area contributed by atoms with E-state index >= 15 is 0 Å². The fraction of sp³-hybridized carbons (Fsp3) is 0.250. The van der Waals surface area contributed by atoms with Crippen molar-refractivity contribution in [1.29, 1.82) is 0 Å². The maximum atomic E-state index is 12.6. The van der Waals surface area contributed by atoms with Crippen molar-refractivity contribution in [3.63, 3.8) is 0 Å². The van der Waals surface area contributed by atoms with Crippen molar-refractivity contribution >= 4 is 5.91 Å². The number of ether oxygens (including phenoxy) is 1. The standard InChI is InChI=1S/C16H17N3O3/c1-18(2)19-15(20)11-7-4-5-8-12(11)16(19,21)13-9-6-10-14(17-13)22-3/h4-10,21H,1-3H3. The highest BCUT2D eigenvalue weighted by Crippen LogP contribution is 2.42. The van der Waals surface area contributed by atoms with E-state index in [2.05, 4.69) is 4.98 Å². The van der Waals surface area contributed by atoms with E-state index in [-0.39, 0.29) is 5.91 Å². The third kappa shape index (κ3) is 1.88. The monoisotopic (exact) mass is 299 g/mol. The number of hydrogen-bond donors (Lipinski definition) is 1. The summed E-state index contributed by atoms with van der Waals surface area (Å²) in [6.07, 6.45) is 0. The van der Waals surface area contributed by atoms with Gasteiger partial charge >= 0.3 is 0 Å². The molecule has 0 aliphatic carbocycles. The van der Waals surface area contributed by atoms with Gasteiger partial charge in [0, 0.05) is 31.3 Å². The van der Waals surface area contributed by atoms with Gasteiger partial charge in [-0.05, 0) is 12.1 Å². The van der Waals surface area contributed by atoms with Crippen molar-refractivity contribution in [3.05, 3.63) is 59.3 Å². The van der Waals surface area contributed by atoms with Crippen molar-refractivity contribution in [1.82, 2.24) is 15.0 Å². The van der Waals surface area contributed by atoms with Gasteiger partial charge in [0.1, 0.15) is 5.69 Å². The molecule has 6 heteroatoms. The first-order valence-electron chi connectivity index (χ1n) is 6.85. The molecule has 1 aliphatic rings. The Morgan fingerprint density at radius 3 is 2.59 bits per heavy atom. The smallest absolute Gasteiger partial charge is 0.271 e. The molecule has 1 unspecified atom stereocenters. The van der Waals surface area contributed by atoms with Gasteiger partial charge in [0.15, 0.2) is 0 Å². The maximum absolute atomic E-state index is 12.6. The molecular weight excluding hydrogens is 282 g/mol. The van der Waals surface area contributed by atoms with Gasteiger partial charge in [-0.2, -0.15) is 0 Å². The zero-order valence-corrected chi connectivity index (χ0v) is 12.6. The van der Waals surface area contributed by atoms with Gasteiger partial charge in [-0.25, -0.2) is 15.0 Å². The van der Waals surface area contributed by atoms with Crippen molar-refractivity contribution in [3.8, 4) is 5.88 Å². The second-order valence-corrected chi connectivity index (χ2v) is 5.25. The average Bonchev–Trinajstić information content (AvgIpc) is 2.77. The Labute approximate surface area is 128 Å². The number of amides is 1. The number of fused-ring (bicyclic) bond motifs is 1. The van der Waals surface area contributed by atoms with Crippen molar-refractivity contribution < 1.29 is 14.6 Å². The lowest BCUT2D eigenvalue weighted by Gasteiger charge is -2.37. The van der Waals surface area contributed by atoms with Crippen molar-refractivity contribution in [2.75, 3.05) is 21.2 Å². The van der Waals surface area contributed by atoms with Crippen LogP contribution >= 0.6 is 0 Å². The SMILES string of the molecule is COc1cccc(C2(O)c3ccccc3C(=O)N2N(C)C)n1. The highest BCUT2D eigenvalue weighted by molar-refractivity contribution is 5.99. The largest absolute Gasteiger partial charge is 0.481 e. The molecule has 0 spiro atoms. The van der Waals surface area contributed by atoms with Gasteiger partial charge in [0.25, 0.3) is 5.91 Å². The highest BCUT2D eigenvalue weighted by Gasteiger charge is 2.52. The van der Waals surface area contributed by atoms with Gasteiger partial charge < -0.3 is 9.84 Å². The Morgan fingerprint density at radius 1 is 1.18 bits per heavy atom. The summed E-state index contributed by atoms with van der Waals surface area (Å²) in [5.74, 6) is 0.106. The minimum atomic E-state index is -1.66. The molecule has 3 rings (SSSR count). The summed E-state index contributed by atoms with van der Waals surface area (Å²) in [5.41, 5.74) is -0.359. The summed E-state index contributed by atoms with van der Waals surface area (Å²) < 4.78 is 5.13. The van der Waals surface area contributed by atoms with Gasteiger partial charge in [0.2, 0.25) is 11.6 Å². The Morgan fingerprint density at radius 2 is 1.91 bits per heavy atom. The van der Waals surface area contributed by atoms with Crippen LogP contribution in [0, 0.1) is 0 Å². The minimum absolute atomic E-state index is 0.271. The molecule has 2 heterocycles. The normalized spacial score (nSPS) is 20.4. The summed E-state index contributed by atoms with van der Waals surface area (Å²) in [4.78, 5) is 17.0. The van der Waals surface area contributed by atoms with E-state index in [9.17, 15) is 9.90 Å². The molecule has 22 heavy (non-hydrogen) atoms. The third-order valence-corrected chi connectivity index (χ3v) is 3.72. The first-order valence-corrected chi connectivity index (χ1v) is 6.85. The Hall–Kier alpha value is -2.44. The van der Waals surface area contributed by atoms with Crippen LogP contribution in [-0.4, -0.2) is 47.2 Å². The number of aliphatic hydroxyl groups is 1. The molecule has 0 bridgehead atoms. The number of benzene rings is 1. The molecule has 1 atom stereocenters. The van der Waals surface area contributed by atoms with Crippen LogP contribution in [0.4, 0.5) is 0 Å². The van der Waals surface area contributed by atoms with Crippen LogP contribution in [0.3, 0.4) is 0 Å². The van der Waals surface area contributed by atoms with E-state index in [1.54, 1.807) is 61.6 Å². The van der Waals surface area contributed by atoms with Crippen molar-refractivity contribution in [2.24, 2.45) is 0 Å². The number of carbonyl (C=O) groups is 1. The van der Waals surface area contributed by atoms with Crippen LogP contribution in [0.5, 0.6) is 5.88 Å². The lowest BCUT2D eigenvalue weighted by Crippen LogP contribution is -2.52. The van der Waals surface area contributed by atoms with Crippen molar-refractivity contribution in [2.45, 2.75) is 5.72 Å². The molecule has 0 saturated carbocycles. The van der Waals surface area contributed by atoms with E-state index in [0.717, 1.165) is 0 Å². The number of carbonyl (C=O) groups excluding carboxylic acids is 1. The number of hydrogen-bond acceptors (Lipinski definition) is 5. The van der Waals surface area contributed by atoms with Crippen LogP contribution in [0.1, 0.15) is 21.6 Å². The first-order chi connectivity index (χ1) is 10.5. The number of aromatic nitrogens is 1. The molecule has 1 aliphatic heterocycles. The molecule has 114 valence electrons. The fourth-order valence-electron chi connectivity index (χ4n) is 2.79. The number of nitrogens with zero attached hydrogens (tertiary/aromatic N) is 3. The highest BCUT2D eigenvalue weighted by atomic mass is 16.5. The predicted molar refractivity (Wildman–Crippen MR) is 80.1 cm³/mol. The fourth-order valence-corrected chi connectivity index (χ4v) is 2.79. The molecule has 0 saturated heterocycles. The average molecular weight is 299 g/mol. The van der Waals surface area contributed by atoms with E-state index in [1.807, 2.05) is 0 Å². The van der Waals surface area contributed by atoms with Crippen LogP contribution in [-0.2, 0) is 5.72 Å². The Kier molecular flexibility index (Phi) is 3.35. The topological polar surface area (TPSA) is 65.9 Å². The number of pyridine rings is 1. The first kappa shape index (κ1) is 14.5. The Bertz CT molecular complexity index is 732. The Balaban J connectivity index is 2.26. The summed E-state index contributed by atoms with van der Waals surface area (Å²) in [6.45, 7) is 0. The summed E-state index contributed by atoms with van der Waals surface area (Å²) in [5, 5.41) is 14.2. The number of rotatable bonds is 3. The molecule has 0 radical (unpaired) electrons.